The molecule has 0 atom stereocenters. The Hall–Kier alpha value is -3.71. The van der Waals surface area contributed by atoms with Crippen molar-refractivity contribution in [2.24, 2.45) is 0 Å². The van der Waals surface area contributed by atoms with Crippen molar-refractivity contribution in [3.8, 4) is 11.1 Å². The van der Waals surface area contributed by atoms with Crippen LogP contribution in [0, 0.1) is 6.92 Å². The summed E-state index contributed by atoms with van der Waals surface area (Å²) in [5.74, 6) is 0. The average Bonchev–Trinajstić information content (AvgIpc) is 2.77. The number of benzene rings is 4. The SMILES string of the molecule is Cc1cc(-c2ccc3ccccc3c2)cc(/C=C/c2ccc3ccccc3c2)n1. The van der Waals surface area contributed by atoms with Crippen LogP contribution >= 0.6 is 0 Å². The summed E-state index contributed by atoms with van der Waals surface area (Å²) in [5.41, 5.74) is 5.59. The van der Waals surface area contributed by atoms with Gasteiger partial charge in [-0.25, -0.2) is 0 Å². The van der Waals surface area contributed by atoms with Crippen LogP contribution in [0.3, 0.4) is 0 Å². The molecule has 1 heteroatoms. The molecular formula is C28H21N. The first kappa shape index (κ1) is 17.4. The van der Waals surface area contributed by atoms with Crippen molar-refractivity contribution in [3.63, 3.8) is 0 Å². The van der Waals surface area contributed by atoms with Crippen LogP contribution < -0.4 is 0 Å². The van der Waals surface area contributed by atoms with E-state index in [0.717, 1.165) is 11.4 Å². The highest BCUT2D eigenvalue weighted by Gasteiger charge is 2.03. The molecule has 0 fully saturated rings. The van der Waals surface area contributed by atoms with E-state index in [0.29, 0.717) is 0 Å². The van der Waals surface area contributed by atoms with Crippen LogP contribution in [0.5, 0.6) is 0 Å². The lowest BCUT2D eigenvalue weighted by Gasteiger charge is -2.07. The number of hydrogen-bond donors (Lipinski definition) is 0. The Kier molecular flexibility index (Phi) is 4.42. The molecule has 0 unspecified atom stereocenters. The Morgan fingerprint density at radius 1 is 0.552 bits per heavy atom. The van der Waals surface area contributed by atoms with Crippen molar-refractivity contribution in [3.05, 3.63) is 114 Å². The average molecular weight is 371 g/mol. The summed E-state index contributed by atoms with van der Waals surface area (Å²) < 4.78 is 0. The lowest BCUT2D eigenvalue weighted by molar-refractivity contribution is 1.18. The van der Waals surface area contributed by atoms with E-state index in [9.17, 15) is 0 Å². The highest BCUT2D eigenvalue weighted by Crippen LogP contribution is 2.26. The molecule has 1 nitrogen and oxygen atoms in total. The highest BCUT2D eigenvalue weighted by atomic mass is 14.7. The number of hydrogen-bond acceptors (Lipinski definition) is 1. The third kappa shape index (κ3) is 3.68. The fourth-order valence-corrected chi connectivity index (χ4v) is 3.81. The number of aryl methyl sites for hydroxylation is 1. The number of nitrogens with zero attached hydrogens (tertiary/aromatic N) is 1. The van der Waals surface area contributed by atoms with Crippen LogP contribution in [-0.2, 0) is 0 Å². The van der Waals surface area contributed by atoms with E-state index in [1.54, 1.807) is 0 Å². The molecule has 29 heavy (non-hydrogen) atoms. The summed E-state index contributed by atoms with van der Waals surface area (Å²) in [6, 6.07) is 34.4. The largest absolute Gasteiger partial charge is 0.254 e. The smallest absolute Gasteiger partial charge is 0.0639 e. The maximum Gasteiger partial charge on any atom is 0.0639 e. The van der Waals surface area contributed by atoms with Gasteiger partial charge in [0.15, 0.2) is 0 Å². The van der Waals surface area contributed by atoms with Crippen LogP contribution in [0.2, 0.25) is 0 Å². The van der Waals surface area contributed by atoms with E-state index in [-0.39, 0.29) is 0 Å². The molecule has 0 spiro atoms. The predicted octanol–water partition coefficient (Wildman–Crippen LogP) is 7.53. The maximum absolute atomic E-state index is 4.71. The van der Waals surface area contributed by atoms with Crippen molar-refractivity contribution in [1.82, 2.24) is 4.98 Å². The number of fused-ring (bicyclic) bond motifs is 2. The number of rotatable bonds is 3. The molecule has 5 rings (SSSR count). The zero-order valence-electron chi connectivity index (χ0n) is 16.3. The maximum atomic E-state index is 4.71. The minimum Gasteiger partial charge on any atom is -0.254 e. The molecule has 0 aliphatic rings. The Labute approximate surface area is 171 Å². The Morgan fingerprint density at radius 2 is 1.21 bits per heavy atom. The monoisotopic (exact) mass is 371 g/mol. The van der Waals surface area contributed by atoms with Crippen LogP contribution in [0.4, 0.5) is 0 Å². The molecular weight excluding hydrogens is 350 g/mol. The van der Waals surface area contributed by atoms with Gasteiger partial charge in [-0.2, -0.15) is 0 Å². The van der Waals surface area contributed by atoms with Crippen molar-refractivity contribution >= 4 is 33.7 Å². The van der Waals surface area contributed by atoms with Gasteiger partial charge in [0, 0.05) is 5.69 Å². The van der Waals surface area contributed by atoms with Crippen molar-refractivity contribution in [1.29, 1.82) is 0 Å². The molecule has 1 aromatic heterocycles. The molecule has 138 valence electrons. The van der Waals surface area contributed by atoms with Gasteiger partial charge in [-0.3, -0.25) is 4.98 Å². The lowest BCUT2D eigenvalue weighted by Crippen LogP contribution is -1.89. The lowest BCUT2D eigenvalue weighted by atomic mass is 10.0. The Morgan fingerprint density at radius 3 is 1.97 bits per heavy atom. The summed E-state index contributed by atoms with van der Waals surface area (Å²) in [7, 11) is 0. The normalized spacial score (nSPS) is 11.5. The summed E-state index contributed by atoms with van der Waals surface area (Å²) in [6.07, 6.45) is 4.24. The minimum absolute atomic E-state index is 0.973. The molecule has 1 heterocycles. The predicted molar refractivity (Wildman–Crippen MR) is 125 cm³/mol. The van der Waals surface area contributed by atoms with Gasteiger partial charge in [0.1, 0.15) is 0 Å². The first-order valence-corrected chi connectivity index (χ1v) is 9.89. The second kappa shape index (κ2) is 7.37. The molecule has 0 bridgehead atoms. The topological polar surface area (TPSA) is 12.9 Å². The van der Waals surface area contributed by atoms with Crippen molar-refractivity contribution in [2.75, 3.05) is 0 Å². The summed E-state index contributed by atoms with van der Waals surface area (Å²) >= 11 is 0. The van der Waals surface area contributed by atoms with E-state index in [1.807, 2.05) is 0 Å². The Balaban J connectivity index is 1.50. The summed E-state index contributed by atoms with van der Waals surface area (Å²) in [4.78, 5) is 4.71. The van der Waals surface area contributed by atoms with E-state index in [2.05, 4.69) is 116 Å². The van der Waals surface area contributed by atoms with E-state index < -0.39 is 0 Å². The fraction of sp³-hybridized carbons (Fsp3) is 0.0357. The standard InChI is InChI=1S/C28H21N/c1-20-16-27(26-14-13-23-7-3-5-9-25(23)18-26)19-28(29-20)15-11-21-10-12-22-6-2-4-8-24(22)17-21/h2-19H,1H3/b15-11+. The van der Waals surface area contributed by atoms with Crippen LogP contribution in [0.25, 0.3) is 44.8 Å². The molecule has 0 radical (unpaired) electrons. The molecule has 0 aliphatic heterocycles. The quantitative estimate of drug-likeness (QED) is 0.319. The van der Waals surface area contributed by atoms with Gasteiger partial charge in [0.25, 0.3) is 0 Å². The van der Waals surface area contributed by atoms with Gasteiger partial charge in [-0.05, 0) is 75.5 Å². The van der Waals surface area contributed by atoms with Crippen LogP contribution in [0.1, 0.15) is 17.0 Å². The van der Waals surface area contributed by atoms with Crippen LogP contribution in [0.15, 0.2) is 97.1 Å². The van der Waals surface area contributed by atoms with Gasteiger partial charge in [-0.15, -0.1) is 0 Å². The zero-order chi connectivity index (χ0) is 19.6. The third-order valence-corrected chi connectivity index (χ3v) is 5.28. The first-order valence-electron chi connectivity index (χ1n) is 9.89. The van der Waals surface area contributed by atoms with Gasteiger partial charge < -0.3 is 0 Å². The van der Waals surface area contributed by atoms with Gasteiger partial charge in [0.05, 0.1) is 5.69 Å². The van der Waals surface area contributed by atoms with E-state index >= 15 is 0 Å². The van der Waals surface area contributed by atoms with Crippen molar-refractivity contribution < 1.29 is 0 Å². The third-order valence-electron chi connectivity index (χ3n) is 5.28. The van der Waals surface area contributed by atoms with Gasteiger partial charge >= 0.3 is 0 Å². The summed E-state index contributed by atoms with van der Waals surface area (Å²) in [6.45, 7) is 2.05. The molecule has 4 aromatic carbocycles. The Bertz CT molecular complexity index is 1360. The molecule has 5 aromatic rings. The minimum atomic E-state index is 0.973. The molecule has 0 N–H and O–H groups in total. The van der Waals surface area contributed by atoms with Crippen molar-refractivity contribution in [2.45, 2.75) is 6.92 Å². The van der Waals surface area contributed by atoms with E-state index in [1.165, 1.54) is 38.2 Å². The van der Waals surface area contributed by atoms with E-state index in [4.69, 9.17) is 4.98 Å². The molecule has 0 saturated heterocycles. The molecule has 0 aliphatic carbocycles. The first-order chi connectivity index (χ1) is 14.2. The van der Waals surface area contributed by atoms with Crippen LogP contribution in [-0.4, -0.2) is 4.98 Å². The molecule has 0 saturated carbocycles. The molecule has 0 amide bonds. The highest BCUT2D eigenvalue weighted by molar-refractivity contribution is 5.88. The summed E-state index contributed by atoms with van der Waals surface area (Å²) in [5, 5.41) is 5.03. The fourth-order valence-electron chi connectivity index (χ4n) is 3.81. The van der Waals surface area contributed by atoms with Gasteiger partial charge in [0.2, 0.25) is 0 Å². The zero-order valence-corrected chi connectivity index (χ0v) is 16.3. The second-order valence-electron chi connectivity index (χ2n) is 7.42. The number of pyridine rings is 1. The van der Waals surface area contributed by atoms with Gasteiger partial charge in [-0.1, -0.05) is 78.9 Å². The second-order valence-corrected chi connectivity index (χ2v) is 7.42. The number of aromatic nitrogens is 1.